The minimum Gasteiger partial charge on any atom is -0.497 e. The van der Waals surface area contributed by atoms with Crippen LogP contribution in [0.2, 0.25) is 0 Å². The molecule has 2 rings (SSSR count). The fourth-order valence-electron chi connectivity index (χ4n) is 1.73. The molecule has 2 aromatic rings. The first kappa shape index (κ1) is 13.2. The van der Waals surface area contributed by atoms with E-state index in [0.717, 1.165) is 11.3 Å². The maximum Gasteiger partial charge on any atom is 0.371 e. The molecule has 1 atom stereocenters. The molecule has 0 bridgehead atoms. The summed E-state index contributed by atoms with van der Waals surface area (Å²) >= 11 is 0. The lowest BCUT2D eigenvalue weighted by atomic mass is 10.1. The van der Waals surface area contributed by atoms with Crippen LogP contribution in [0.5, 0.6) is 5.75 Å². The first-order valence-electron chi connectivity index (χ1n) is 5.74. The Morgan fingerprint density at radius 2 is 1.95 bits per heavy atom. The van der Waals surface area contributed by atoms with E-state index in [1.54, 1.807) is 19.2 Å². The third-order valence-corrected chi connectivity index (χ3v) is 2.75. The Labute approximate surface area is 110 Å². The number of benzene rings is 1. The fourth-order valence-corrected chi connectivity index (χ4v) is 1.73. The van der Waals surface area contributed by atoms with Gasteiger partial charge in [-0.2, -0.15) is 0 Å². The average molecular weight is 262 g/mol. The van der Waals surface area contributed by atoms with Crippen LogP contribution in [0.25, 0.3) is 0 Å². The molecule has 5 heteroatoms. The third kappa shape index (κ3) is 3.14. The van der Waals surface area contributed by atoms with Gasteiger partial charge >= 0.3 is 5.97 Å². The maximum absolute atomic E-state index is 10.7. The Balaban J connectivity index is 2.06. The number of hydrogen-bond acceptors (Lipinski definition) is 4. The summed E-state index contributed by atoms with van der Waals surface area (Å²) in [5, 5.41) is 18.7. The van der Waals surface area contributed by atoms with Gasteiger partial charge in [0.2, 0.25) is 5.76 Å². The van der Waals surface area contributed by atoms with Crippen molar-refractivity contribution in [3.05, 3.63) is 53.5 Å². The Morgan fingerprint density at radius 1 is 1.26 bits per heavy atom. The number of ether oxygens (including phenoxy) is 1. The Kier molecular flexibility index (Phi) is 3.87. The Hall–Kier alpha value is -2.27. The van der Waals surface area contributed by atoms with Crippen LogP contribution in [0.4, 0.5) is 0 Å². The van der Waals surface area contributed by atoms with E-state index in [4.69, 9.17) is 14.3 Å². The number of rotatable bonds is 5. The highest BCUT2D eigenvalue weighted by molar-refractivity contribution is 5.84. The highest BCUT2D eigenvalue weighted by Gasteiger charge is 2.16. The molecular formula is C14H14O5. The Bertz CT molecular complexity index is 555. The minimum atomic E-state index is -1.15. The quantitative estimate of drug-likeness (QED) is 0.864. The van der Waals surface area contributed by atoms with Crippen molar-refractivity contribution in [2.75, 3.05) is 7.11 Å². The molecule has 1 aromatic carbocycles. The molecular weight excluding hydrogens is 248 g/mol. The molecule has 0 aliphatic heterocycles. The van der Waals surface area contributed by atoms with Crippen LogP contribution in [0, 0.1) is 0 Å². The van der Waals surface area contributed by atoms with Gasteiger partial charge in [-0.15, -0.1) is 0 Å². The van der Waals surface area contributed by atoms with Gasteiger partial charge in [-0.3, -0.25) is 0 Å². The lowest BCUT2D eigenvalue weighted by Crippen LogP contribution is -2.01. The number of carboxylic acid groups (broad SMARTS) is 1. The van der Waals surface area contributed by atoms with Crippen molar-refractivity contribution in [1.29, 1.82) is 0 Å². The van der Waals surface area contributed by atoms with Crippen molar-refractivity contribution in [2.45, 2.75) is 12.5 Å². The van der Waals surface area contributed by atoms with Gasteiger partial charge in [-0.05, 0) is 29.8 Å². The fraction of sp³-hybridized carbons (Fsp3) is 0.214. The van der Waals surface area contributed by atoms with E-state index in [2.05, 4.69) is 0 Å². The highest BCUT2D eigenvalue weighted by Crippen LogP contribution is 2.22. The molecule has 0 aliphatic carbocycles. The lowest BCUT2D eigenvalue weighted by molar-refractivity contribution is 0.0651. The molecule has 0 spiro atoms. The molecule has 1 unspecified atom stereocenters. The number of carbonyl (C=O) groups is 1. The van der Waals surface area contributed by atoms with Crippen LogP contribution in [0.1, 0.15) is 28.0 Å². The second-order valence-corrected chi connectivity index (χ2v) is 4.08. The number of aliphatic hydroxyl groups excluding tert-OH is 1. The van der Waals surface area contributed by atoms with Crippen LogP contribution in [0.3, 0.4) is 0 Å². The van der Waals surface area contributed by atoms with Gasteiger partial charge in [0.15, 0.2) is 0 Å². The molecule has 100 valence electrons. The summed E-state index contributed by atoms with van der Waals surface area (Å²) in [4.78, 5) is 10.7. The number of carboxylic acids is 1. The van der Waals surface area contributed by atoms with Crippen LogP contribution in [-0.4, -0.2) is 23.3 Å². The number of furan rings is 1. The number of hydrogen-bond donors (Lipinski definition) is 2. The summed E-state index contributed by atoms with van der Waals surface area (Å²) in [5.41, 5.74) is 0.904. The van der Waals surface area contributed by atoms with E-state index in [1.807, 2.05) is 12.1 Å². The summed E-state index contributed by atoms with van der Waals surface area (Å²) in [5.74, 6) is -0.343. The molecule has 0 radical (unpaired) electrons. The highest BCUT2D eigenvalue weighted by atomic mass is 16.5. The average Bonchev–Trinajstić information content (AvgIpc) is 2.89. The number of aromatic carboxylic acids is 1. The number of aliphatic hydroxyl groups is 1. The summed E-state index contributed by atoms with van der Waals surface area (Å²) < 4.78 is 10.1. The molecule has 0 aliphatic rings. The normalized spacial score (nSPS) is 12.1. The van der Waals surface area contributed by atoms with Crippen molar-refractivity contribution >= 4 is 5.97 Å². The van der Waals surface area contributed by atoms with Gasteiger partial charge < -0.3 is 19.4 Å². The molecule has 1 heterocycles. The lowest BCUT2D eigenvalue weighted by Gasteiger charge is -2.08. The summed E-state index contributed by atoms with van der Waals surface area (Å²) in [6.45, 7) is 0. The second-order valence-electron chi connectivity index (χ2n) is 4.08. The van der Waals surface area contributed by atoms with E-state index in [0.29, 0.717) is 6.42 Å². The van der Waals surface area contributed by atoms with Crippen LogP contribution < -0.4 is 4.74 Å². The SMILES string of the molecule is COc1ccc(CC(O)c2ccc(C(=O)O)o2)cc1. The predicted molar refractivity (Wildman–Crippen MR) is 67.3 cm³/mol. The first-order chi connectivity index (χ1) is 9.10. The van der Waals surface area contributed by atoms with Crippen molar-refractivity contribution in [1.82, 2.24) is 0 Å². The largest absolute Gasteiger partial charge is 0.497 e. The standard InChI is InChI=1S/C14H14O5/c1-18-10-4-2-9(3-5-10)8-11(15)12-6-7-13(19-12)14(16)17/h2-7,11,15H,8H2,1H3,(H,16,17). The smallest absolute Gasteiger partial charge is 0.371 e. The van der Waals surface area contributed by atoms with E-state index >= 15 is 0 Å². The van der Waals surface area contributed by atoms with Gasteiger partial charge in [0.25, 0.3) is 0 Å². The molecule has 2 N–H and O–H groups in total. The monoisotopic (exact) mass is 262 g/mol. The van der Waals surface area contributed by atoms with Gasteiger partial charge in [-0.1, -0.05) is 12.1 Å². The van der Waals surface area contributed by atoms with Gasteiger partial charge in [0.05, 0.1) is 7.11 Å². The molecule has 0 saturated heterocycles. The summed E-state index contributed by atoms with van der Waals surface area (Å²) in [6.07, 6.45) is -0.530. The third-order valence-electron chi connectivity index (χ3n) is 2.75. The second kappa shape index (κ2) is 5.58. The van der Waals surface area contributed by atoms with E-state index in [1.165, 1.54) is 12.1 Å². The predicted octanol–water partition coefficient (Wildman–Crippen LogP) is 2.26. The summed E-state index contributed by atoms with van der Waals surface area (Å²) in [7, 11) is 1.58. The van der Waals surface area contributed by atoms with Crippen LogP contribution >= 0.6 is 0 Å². The minimum absolute atomic E-state index is 0.177. The zero-order valence-corrected chi connectivity index (χ0v) is 10.4. The van der Waals surface area contributed by atoms with Crippen molar-refractivity contribution in [2.24, 2.45) is 0 Å². The van der Waals surface area contributed by atoms with E-state index in [9.17, 15) is 9.90 Å². The Morgan fingerprint density at radius 3 is 2.47 bits per heavy atom. The zero-order chi connectivity index (χ0) is 13.8. The summed E-state index contributed by atoms with van der Waals surface area (Å²) in [6, 6.07) is 10.1. The molecule has 19 heavy (non-hydrogen) atoms. The zero-order valence-electron chi connectivity index (χ0n) is 10.4. The topological polar surface area (TPSA) is 79.9 Å². The molecule has 5 nitrogen and oxygen atoms in total. The van der Waals surface area contributed by atoms with Crippen molar-refractivity contribution in [3.8, 4) is 5.75 Å². The van der Waals surface area contributed by atoms with E-state index in [-0.39, 0.29) is 11.5 Å². The van der Waals surface area contributed by atoms with Gasteiger partial charge in [0.1, 0.15) is 17.6 Å². The van der Waals surface area contributed by atoms with Gasteiger partial charge in [-0.25, -0.2) is 4.79 Å². The maximum atomic E-state index is 10.7. The first-order valence-corrected chi connectivity index (χ1v) is 5.74. The van der Waals surface area contributed by atoms with Crippen molar-refractivity contribution < 1.29 is 24.2 Å². The van der Waals surface area contributed by atoms with Crippen LogP contribution in [0.15, 0.2) is 40.8 Å². The van der Waals surface area contributed by atoms with Crippen LogP contribution in [-0.2, 0) is 6.42 Å². The molecule has 0 amide bonds. The molecule has 0 saturated carbocycles. The number of methoxy groups -OCH3 is 1. The molecule has 1 aromatic heterocycles. The van der Waals surface area contributed by atoms with Crippen molar-refractivity contribution in [3.63, 3.8) is 0 Å². The molecule has 0 fully saturated rings. The van der Waals surface area contributed by atoms with Gasteiger partial charge in [0, 0.05) is 6.42 Å². The van der Waals surface area contributed by atoms with E-state index < -0.39 is 12.1 Å².